The lowest BCUT2D eigenvalue weighted by atomic mass is 9.93. The summed E-state index contributed by atoms with van der Waals surface area (Å²) in [5.74, 6) is 1.89. The highest BCUT2D eigenvalue weighted by molar-refractivity contribution is 7.98. The maximum absolute atomic E-state index is 3.66. The number of rotatable bonds is 7. The summed E-state index contributed by atoms with van der Waals surface area (Å²) < 4.78 is 0. The summed E-state index contributed by atoms with van der Waals surface area (Å²) in [4.78, 5) is 0. The third-order valence-electron chi connectivity index (χ3n) is 3.33. The quantitative estimate of drug-likeness (QED) is 0.732. The van der Waals surface area contributed by atoms with Crippen LogP contribution in [-0.2, 0) is 0 Å². The van der Waals surface area contributed by atoms with Gasteiger partial charge in [0.2, 0.25) is 0 Å². The predicted octanol–water partition coefficient (Wildman–Crippen LogP) is 4.61. The lowest BCUT2D eigenvalue weighted by molar-refractivity contribution is 0.398. The molecule has 0 saturated carbocycles. The van der Waals surface area contributed by atoms with E-state index in [2.05, 4.69) is 63.5 Å². The molecule has 19 heavy (non-hydrogen) atoms. The molecule has 1 atom stereocenters. The minimum absolute atomic E-state index is 0.197. The zero-order chi connectivity index (χ0) is 14.3. The number of hydrogen-bond acceptors (Lipinski definition) is 2. The van der Waals surface area contributed by atoms with Gasteiger partial charge in [-0.05, 0) is 64.0 Å². The van der Waals surface area contributed by atoms with E-state index in [1.54, 1.807) is 0 Å². The highest BCUT2D eigenvalue weighted by Gasteiger charge is 2.15. The van der Waals surface area contributed by atoms with Gasteiger partial charge in [-0.3, -0.25) is 0 Å². The van der Waals surface area contributed by atoms with Crippen LogP contribution < -0.4 is 5.32 Å². The predicted molar refractivity (Wildman–Crippen MR) is 89.3 cm³/mol. The van der Waals surface area contributed by atoms with Gasteiger partial charge in [-0.1, -0.05) is 29.8 Å². The van der Waals surface area contributed by atoms with E-state index in [9.17, 15) is 0 Å². The second-order valence-electron chi connectivity index (χ2n) is 6.37. The molecule has 0 saturated heterocycles. The lowest BCUT2D eigenvalue weighted by Crippen LogP contribution is -2.38. The first-order valence-electron chi connectivity index (χ1n) is 7.23. The summed E-state index contributed by atoms with van der Waals surface area (Å²) in [6.07, 6.45) is 4.76. The Morgan fingerprint density at radius 1 is 1.16 bits per heavy atom. The Hall–Kier alpha value is -0.470. The molecule has 0 spiro atoms. The fraction of sp³-hybridized carbons (Fsp3) is 0.647. The topological polar surface area (TPSA) is 12.0 Å². The molecule has 1 N–H and O–H groups in total. The third-order valence-corrected chi connectivity index (χ3v) is 4.03. The number of nitrogens with one attached hydrogen (secondary N) is 1. The van der Waals surface area contributed by atoms with E-state index in [4.69, 9.17) is 0 Å². The average Bonchev–Trinajstić information content (AvgIpc) is 2.34. The Morgan fingerprint density at radius 3 is 2.32 bits per heavy atom. The molecule has 0 radical (unpaired) electrons. The Kier molecular flexibility index (Phi) is 6.95. The largest absolute Gasteiger partial charge is 0.311 e. The molecule has 1 aromatic carbocycles. The summed E-state index contributed by atoms with van der Waals surface area (Å²) in [7, 11) is 0. The van der Waals surface area contributed by atoms with Gasteiger partial charge in [0, 0.05) is 12.1 Å². The Bertz CT molecular complexity index is 351. The van der Waals surface area contributed by atoms with Crippen LogP contribution in [0.5, 0.6) is 0 Å². The fourth-order valence-corrected chi connectivity index (χ4v) is 2.58. The van der Waals surface area contributed by atoms with Crippen LogP contribution in [0.3, 0.4) is 0 Å². The summed E-state index contributed by atoms with van der Waals surface area (Å²) in [5, 5.41) is 3.66. The van der Waals surface area contributed by atoms with E-state index in [1.165, 1.54) is 29.7 Å². The fourth-order valence-electron chi connectivity index (χ4n) is 2.13. The van der Waals surface area contributed by atoms with Gasteiger partial charge < -0.3 is 5.32 Å². The van der Waals surface area contributed by atoms with Crippen molar-refractivity contribution in [3.05, 3.63) is 35.4 Å². The maximum atomic E-state index is 3.66. The average molecular weight is 279 g/mol. The van der Waals surface area contributed by atoms with E-state index in [0.29, 0.717) is 5.92 Å². The molecule has 0 bridgehead atoms. The van der Waals surface area contributed by atoms with Gasteiger partial charge in [-0.15, -0.1) is 0 Å². The first kappa shape index (κ1) is 16.6. The van der Waals surface area contributed by atoms with Crippen molar-refractivity contribution in [1.29, 1.82) is 0 Å². The van der Waals surface area contributed by atoms with Crippen LogP contribution >= 0.6 is 11.8 Å². The van der Waals surface area contributed by atoms with Crippen molar-refractivity contribution in [2.75, 3.05) is 18.6 Å². The lowest BCUT2D eigenvalue weighted by Gasteiger charge is -2.26. The molecule has 2 heteroatoms. The summed E-state index contributed by atoms with van der Waals surface area (Å²) >= 11 is 1.94. The minimum Gasteiger partial charge on any atom is -0.311 e. The van der Waals surface area contributed by atoms with Gasteiger partial charge in [0.25, 0.3) is 0 Å². The monoisotopic (exact) mass is 279 g/mol. The molecule has 1 aromatic rings. The maximum Gasteiger partial charge on any atom is 0.00967 e. The van der Waals surface area contributed by atoms with Crippen molar-refractivity contribution in [1.82, 2.24) is 5.32 Å². The van der Waals surface area contributed by atoms with Gasteiger partial charge in [-0.2, -0.15) is 11.8 Å². The summed E-state index contributed by atoms with van der Waals surface area (Å²) in [6.45, 7) is 9.93. The smallest absolute Gasteiger partial charge is 0.00967 e. The van der Waals surface area contributed by atoms with Gasteiger partial charge in [-0.25, -0.2) is 0 Å². The van der Waals surface area contributed by atoms with Crippen LogP contribution in [0.2, 0.25) is 0 Å². The van der Waals surface area contributed by atoms with Crippen LogP contribution in [0.4, 0.5) is 0 Å². The Balaban J connectivity index is 2.65. The van der Waals surface area contributed by atoms with E-state index in [-0.39, 0.29) is 5.54 Å². The molecule has 1 rings (SSSR count). The zero-order valence-electron chi connectivity index (χ0n) is 13.1. The molecule has 0 aliphatic carbocycles. The number of hydrogen-bond donors (Lipinski definition) is 1. The zero-order valence-corrected chi connectivity index (χ0v) is 13.9. The standard InChI is InChI=1S/C17H29NS/c1-14-8-10-15(11-9-14)16(7-6-12-19-5)13-18-17(2,3)4/h8-11,16,18H,6-7,12-13H2,1-5H3. The molecule has 0 aromatic heterocycles. The van der Waals surface area contributed by atoms with E-state index < -0.39 is 0 Å². The third kappa shape index (κ3) is 7.03. The summed E-state index contributed by atoms with van der Waals surface area (Å²) in [5.41, 5.74) is 3.02. The van der Waals surface area contributed by atoms with Crippen molar-refractivity contribution < 1.29 is 0 Å². The molecule has 0 fully saturated rings. The first-order chi connectivity index (χ1) is 8.92. The highest BCUT2D eigenvalue weighted by Crippen LogP contribution is 2.22. The van der Waals surface area contributed by atoms with Crippen LogP contribution in [0.25, 0.3) is 0 Å². The molecule has 1 unspecified atom stereocenters. The Morgan fingerprint density at radius 2 is 1.79 bits per heavy atom. The number of benzene rings is 1. The SMILES string of the molecule is CSCCCC(CNC(C)(C)C)c1ccc(C)cc1. The van der Waals surface area contributed by atoms with Crippen LogP contribution in [0.15, 0.2) is 24.3 Å². The molecule has 1 nitrogen and oxygen atoms in total. The number of aryl methyl sites for hydroxylation is 1. The summed E-state index contributed by atoms with van der Waals surface area (Å²) in [6, 6.07) is 9.05. The van der Waals surface area contributed by atoms with Gasteiger partial charge in [0.05, 0.1) is 0 Å². The molecular weight excluding hydrogens is 250 g/mol. The van der Waals surface area contributed by atoms with E-state index in [1.807, 2.05) is 11.8 Å². The van der Waals surface area contributed by atoms with Gasteiger partial charge in [0.15, 0.2) is 0 Å². The normalized spacial score (nSPS) is 13.5. The van der Waals surface area contributed by atoms with Crippen molar-refractivity contribution in [3.63, 3.8) is 0 Å². The minimum atomic E-state index is 0.197. The molecule has 108 valence electrons. The van der Waals surface area contributed by atoms with Crippen LogP contribution in [-0.4, -0.2) is 24.1 Å². The van der Waals surface area contributed by atoms with Crippen LogP contribution in [0, 0.1) is 6.92 Å². The van der Waals surface area contributed by atoms with Crippen molar-refractivity contribution in [3.8, 4) is 0 Å². The number of thioether (sulfide) groups is 1. The molecule has 0 heterocycles. The first-order valence-corrected chi connectivity index (χ1v) is 8.62. The van der Waals surface area contributed by atoms with Gasteiger partial charge in [0.1, 0.15) is 0 Å². The molecule has 0 amide bonds. The van der Waals surface area contributed by atoms with Crippen molar-refractivity contribution >= 4 is 11.8 Å². The highest BCUT2D eigenvalue weighted by atomic mass is 32.2. The second-order valence-corrected chi connectivity index (χ2v) is 7.36. The van der Waals surface area contributed by atoms with E-state index in [0.717, 1.165) is 6.54 Å². The van der Waals surface area contributed by atoms with E-state index >= 15 is 0 Å². The van der Waals surface area contributed by atoms with Gasteiger partial charge >= 0.3 is 0 Å². The second kappa shape index (κ2) is 7.96. The Labute approximate surface area is 123 Å². The molecule has 0 aliphatic heterocycles. The van der Waals surface area contributed by atoms with Crippen molar-refractivity contribution in [2.24, 2.45) is 0 Å². The van der Waals surface area contributed by atoms with Crippen LogP contribution in [0.1, 0.15) is 50.7 Å². The van der Waals surface area contributed by atoms with Crippen molar-refractivity contribution in [2.45, 2.75) is 52.0 Å². The molecule has 0 aliphatic rings. The molecular formula is C17H29NS.